The third kappa shape index (κ3) is 3.75. The van der Waals surface area contributed by atoms with Gasteiger partial charge in [-0.15, -0.1) is 0 Å². The number of rotatable bonds is 3. The second kappa shape index (κ2) is 6.10. The summed E-state index contributed by atoms with van der Waals surface area (Å²) < 4.78 is 26.1. The first-order valence-electron chi connectivity index (χ1n) is 6.05. The molecule has 0 bridgehead atoms. The number of hydrogen-bond acceptors (Lipinski definition) is 1. The third-order valence-electron chi connectivity index (χ3n) is 2.69. The highest BCUT2D eigenvalue weighted by molar-refractivity contribution is 6.01. The van der Waals surface area contributed by atoms with Gasteiger partial charge in [0.15, 0.2) is 0 Å². The van der Waals surface area contributed by atoms with Gasteiger partial charge in [-0.05, 0) is 30.7 Å². The van der Waals surface area contributed by atoms with E-state index in [1.165, 1.54) is 12.1 Å². The molecule has 4 heteroatoms. The van der Waals surface area contributed by atoms with E-state index in [0.717, 1.165) is 23.3 Å². The van der Waals surface area contributed by atoms with Gasteiger partial charge >= 0.3 is 0 Å². The Balaban J connectivity index is 2.03. The molecule has 0 aliphatic carbocycles. The third-order valence-corrected chi connectivity index (χ3v) is 2.69. The molecular formula is C16H13F2NO. The number of amides is 1. The Labute approximate surface area is 115 Å². The number of anilines is 1. The molecule has 0 aliphatic rings. The molecule has 0 aromatic heterocycles. The molecule has 0 fully saturated rings. The van der Waals surface area contributed by atoms with Crippen molar-refractivity contribution in [3.8, 4) is 0 Å². The predicted octanol–water partition coefficient (Wildman–Crippen LogP) is 3.93. The van der Waals surface area contributed by atoms with Gasteiger partial charge < -0.3 is 5.32 Å². The Morgan fingerprint density at radius 2 is 1.80 bits per heavy atom. The van der Waals surface area contributed by atoms with Gasteiger partial charge in [0.25, 0.3) is 0 Å². The zero-order valence-electron chi connectivity index (χ0n) is 10.9. The van der Waals surface area contributed by atoms with E-state index < -0.39 is 17.5 Å². The summed E-state index contributed by atoms with van der Waals surface area (Å²) in [5.41, 5.74) is 1.94. The van der Waals surface area contributed by atoms with Gasteiger partial charge in [-0.2, -0.15) is 0 Å². The van der Waals surface area contributed by atoms with Crippen LogP contribution in [0.15, 0.2) is 48.5 Å². The maximum Gasteiger partial charge on any atom is 0.248 e. The van der Waals surface area contributed by atoms with Crippen molar-refractivity contribution in [2.24, 2.45) is 0 Å². The lowest BCUT2D eigenvalue weighted by molar-refractivity contribution is -0.111. The van der Waals surface area contributed by atoms with Crippen molar-refractivity contribution >= 4 is 17.7 Å². The van der Waals surface area contributed by atoms with E-state index in [1.54, 1.807) is 6.08 Å². The smallest absolute Gasteiger partial charge is 0.248 e. The van der Waals surface area contributed by atoms with E-state index in [2.05, 4.69) is 5.32 Å². The summed E-state index contributed by atoms with van der Waals surface area (Å²) in [5.74, 6) is -1.96. The molecule has 2 rings (SSSR count). The standard InChI is InChI=1S/C16H13F2NO/c1-11-2-4-12(5-3-11)6-9-16(20)19-15-8-7-13(17)10-14(15)18/h2-10H,1H3,(H,19,20). The van der Waals surface area contributed by atoms with Crippen LogP contribution in [0.2, 0.25) is 0 Å². The van der Waals surface area contributed by atoms with Gasteiger partial charge in [0.2, 0.25) is 5.91 Å². The van der Waals surface area contributed by atoms with E-state index in [0.29, 0.717) is 0 Å². The van der Waals surface area contributed by atoms with Crippen LogP contribution in [0.25, 0.3) is 6.08 Å². The SMILES string of the molecule is Cc1ccc(C=CC(=O)Nc2ccc(F)cc2F)cc1. The van der Waals surface area contributed by atoms with Gasteiger partial charge in [0.05, 0.1) is 5.69 Å². The molecule has 102 valence electrons. The molecule has 2 nitrogen and oxygen atoms in total. The summed E-state index contributed by atoms with van der Waals surface area (Å²) in [6.45, 7) is 1.97. The molecule has 0 spiro atoms. The van der Waals surface area contributed by atoms with Crippen molar-refractivity contribution in [2.75, 3.05) is 5.32 Å². The maximum absolute atomic E-state index is 13.3. The first-order chi connectivity index (χ1) is 9.54. The Bertz CT molecular complexity index is 648. The van der Waals surface area contributed by atoms with Gasteiger partial charge in [0, 0.05) is 12.1 Å². The van der Waals surface area contributed by atoms with Crippen molar-refractivity contribution < 1.29 is 13.6 Å². The monoisotopic (exact) mass is 273 g/mol. The average Bonchev–Trinajstić information content (AvgIpc) is 2.41. The quantitative estimate of drug-likeness (QED) is 0.844. The number of carbonyl (C=O) groups is 1. The first kappa shape index (κ1) is 13.9. The molecule has 2 aromatic rings. The highest BCUT2D eigenvalue weighted by Gasteiger charge is 2.05. The van der Waals surface area contributed by atoms with Crippen LogP contribution in [-0.4, -0.2) is 5.91 Å². The van der Waals surface area contributed by atoms with Crippen LogP contribution < -0.4 is 5.32 Å². The zero-order chi connectivity index (χ0) is 14.5. The number of carbonyl (C=O) groups excluding carboxylic acids is 1. The Morgan fingerprint density at radius 1 is 1.10 bits per heavy atom. The van der Waals surface area contributed by atoms with Crippen molar-refractivity contribution in [2.45, 2.75) is 6.92 Å². The number of hydrogen-bond donors (Lipinski definition) is 1. The molecular weight excluding hydrogens is 260 g/mol. The fourth-order valence-electron chi connectivity index (χ4n) is 1.61. The van der Waals surface area contributed by atoms with E-state index in [9.17, 15) is 13.6 Å². The fraction of sp³-hybridized carbons (Fsp3) is 0.0625. The van der Waals surface area contributed by atoms with Crippen LogP contribution in [0.4, 0.5) is 14.5 Å². The summed E-state index contributed by atoms with van der Waals surface area (Å²) in [7, 11) is 0. The number of halogens is 2. The topological polar surface area (TPSA) is 29.1 Å². The van der Waals surface area contributed by atoms with Gasteiger partial charge in [0.1, 0.15) is 11.6 Å². The van der Waals surface area contributed by atoms with Crippen LogP contribution >= 0.6 is 0 Å². The summed E-state index contributed by atoms with van der Waals surface area (Å²) in [5, 5.41) is 2.35. The Hall–Kier alpha value is -2.49. The lowest BCUT2D eigenvalue weighted by atomic mass is 10.1. The van der Waals surface area contributed by atoms with Gasteiger partial charge in [-0.25, -0.2) is 8.78 Å². The second-order valence-corrected chi connectivity index (χ2v) is 4.36. The van der Waals surface area contributed by atoms with Crippen molar-refractivity contribution in [3.05, 3.63) is 71.3 Å². The minimum atomic E-state index is -0.804. The lowest BCUT2D eigenvalue weighted by Crippen LogP contribution is -2.09. The van der Waals surface area contributed by atoms with Gasteiger partial charge in [-0.1, -0.05) is 29.8 Å². The molecule has 0 heterocycles. The Morgan fingerprint density at radius 3 is 2.45 bits per heavy atom. The minimum absolute atomic E-state index is 0.0510. The average molecular weight is 273 g/mol. The molecule has 0 unspecified atom stereocenters. The van der Waals surface area contributed by atoms with Crippen LogP contribution in [0, 0.1) is 18.6 Å². The first-order valence-corrected chi connectivity index (χ1v) is 6.05. The van der Waals surface area contributed by atoms with Crippen LogP contribution in [0.5, 0.6) is 0 Å². The molecule has 0 saturated heterocycles. The molecule has 0 saturated carbocycles. The largest absolute Gasteiger partial charge is 0.320 e. The van der Waals surface area contributed by atoms with Crippen LogP contribution in [0.3, 0.4) is 0 Å². The molecule has 0 atom stereocenters. The maximum atomic E-state index is 13.3. The van der Waals surface area contributed by atoms with Crippen molar-refractivity contribution in [1.82, 2.24) is 0 Å². The number of benzene rings is 2. The predicted molar refractivity (Wildman–Crippen MR) is 75.2 cm³/mol. The van der Waals surface area contributed by atoms with Crippen molar-refractivity contribution in [3.63, 3.8) is 0 Å². The summed E-state index contributed by atoms with van der Waals surface area (Å²) in [6.07, 6.45) is 2.92. The highest BCUT2D eigenvalue weighted by atomic mass is 19.1. The zero-order valence-corrected chi connectivity index (χ0v) is 10.9. The normalized spacial score (nSPS) is 10.8. The second-order valence-electron chi connectivity index (χ2n) is 4.36. The van der Waals surface area contributed by atoms with Crippen molar-refractivity contribution in [1.29, 1.82) is 0 Å². The van der Waals surface area contributed by atoms with E-state index in [-0.39, 0.29) is 5.69 Å². The fourth-order valence-corrected chi connectivity index (χ4v) is 1.61. The molecule has 20 heavy (non-hydrogen) atoms. The highest BCUT2D eigenvalue weighted by Crippen LogP contribution is 2.15. The minimum Gasteiger partial charge on any atom is -0.320 e. The van der Waals surface area contributed by atoms with Crippen LogP contribution in [-0.2, 0) is 4.79 Å². The molecule has 0 radical (unpaired) electrons. The molecule has 1 N–H and O–H groups in total. The van der Waals surface area contributed by atoms with E-state index in [1.807, 2.05) is 31.2 Å². The molecule has 2 aromatic carbocycles. The van der Waals surface area contributed by atoms with Crippen LogP contribution in [0.1, 0.15) is 11.1 Å². The summed E-state index contributed by atoms with van der Waals surface area (Å²) in [4.78, 5) is 11.6. The summed E-state index contributed by atoms with van der Waals surface area (Å²) in [6, 6.07) is 10.6. The number of aryl methyl sites for hydroxylation is 1. The molecule has 1 amide bonds. The Kier molecular flexibility index (Phi) is 4.25. The number of nitrogens with one attached hydrogen (secondary N) is 1. The summed E-state index contributed by atoms with van der Waals surface area (Å²) >= 11 is 0. The van der Waals surface area contributed by atoms with E-state index in [4.69, 9.17) is 0 Å². The van der Waals surface area contributed by atoms with E-state index >= 15 is 0 Å². The molecule has 0 aliphatic heterocycles. The lowest BCUT2D eigenvalue weighted by Gasteiger charge is -2.03. The van der Waals surface area contributed by atoms with Gasteiger partial charge in [-0.3, -0.25) is 4.79 Å².